The molecule has 2 aromatic heterocycles. The van der Waals surface area contributed by atoms with E-state index in [0.717, 1.165) is 48.7 Å². The van der Waals surface area contributed by atoms with Gasteiger partial charge in [0, 0.05) is 25.2 Å². The number of aromatic nitrogens is 3. The maximum absolute atomic E-state index is 6.45. The number of fused-ring (bicyclic) bond motifs is 1. The average Bonchev–Trinajstić information content (AvgIpc) is 2.80. The van der Waals surface area contributed by atoms with E-state index in [1.807, 2.05) is 11.6 Å². The van der Waals surface area contributed by atoms with E-state index in [-0.39, 0.29) is 0 Å². The highest BCUT2D eigenvalue weighted by Gasteiger charge is 2.23. The quantitative estimate of drug-likeness (QED) is 0.795. The Kier molecular flexibility index (Phi) is 2.87. The Hall–Kier alpha value is -1.33. The van der Waals surface area contributed by atoms with Crippen LogP contribution in [0.2, 0.25) is 5.02 Å². The number of hydrogen-bond donors (Lipinski definition) is 0. The van der Waals surface area contributed by atoms with Gasteiger partial charge in [0.15, 0.2) is 0 Å². The molecular formula is C12H15ClN4O. The van der Waals surface area contributed by atoms with Crippen molar-refractivity contribution in [2.45, 2.75) is 26.4 Å². The molecule has 1 aliphatic rings. The normalized spacial score (nSPS) is 16.6. The van der Waals surface area contributed by atoms with E-state index in [1.54, 1.807) is 6.26 Å². The van der Waals surface area contributed by atoms with Crippen LogP contribution in [0.4, 0.5) is 0 Å². The second kappa shape index (κ2) is 4.40. The van der Waals surface area contributed by atoms with Gasteiger partial charge >= 0.3 is 0 Å². The first kappa shape index (κ1) is 11.7. The lowest BCUT2D eigenvalue weighted by Crippen LogP contribution is -2.17. The van der Waals surface area contributed by atoms with Crippen LogP contribution in [0.25, 0.3) is 11.4 Å². The second-order valence-electron chi connectivity index (χ2n) is 4.77. The van der Waals surface area contributed by atoms with E-state index in [1.165, 1.54) is 0 Å². The van der Waals surface area contributed by atoms with Gasteiger partial charge < -0.3 is 9.42 Å². The lowest BCUT2D eigenvalue weighted by atomic mass is 10.2. The van der Waals surface area contributed by atoms with Crippen molar-refractivity contribution in [3.05, 3.63) is 22.5 Å². The third-order valence-corrected chi connectivity index (χ3v) is 3.69. The van der Waals surface area contributed by atoms with Crippen molar-refractivity contribution in [1.82, 2.24) is 19.8 Å². The summed E-state index contributed by atoms with van der Waals surface area (Å²) >= 11 is 6.45. The molecule has 3 heterocycles. The Bertz CT molecular complexity index is 575. The summed E-state index contributed by atoms with van der Waals surface area (Å²) in [5, 5.41) is 9.26. The van der Waals surface area contributed by atoms with Gasteiger partial charge in [-0.3, -0.25) is 4.68 Å². The minimum Gasteiger partial charge on any atom is -0.364 e. The van der Waals surface area contributed by atoms with Gasteiger partial charge in [-0.1, -0.05) is 16.8 Å². The molecule has 0 saturated heterocycles. The summed E-state index contributed by atoms with van der Waals surface area (Å²) in [6.07, 6.45) is 2.70. The zero-order chi connectivity index (χ0) is 12.7. The summed E-state index contributed by atoms with van der Waals surface area (Å²) in [7, 11) is 2.10. The molecule has 3 rings (SSSR count). The minimum absolute atomic E-state index is 0.695. The van der Waals surface area contributed by atoms with Gasteiger partial charge in [-0.05, 0) is 20.4 Å². The molecule has 96 valence electrons. The van der Waals surface area contributed by atoms with Crippen molar-refractivity contribution in [1.29, 1.82) is 0 Å². The van der Waals surface area contributed by atoms with Crippen molar-refractivity contribution >= 4 is 11.6 Å². The number of halogens is 1. The van der Waals surface area contributed by atoms with Crippen LogP contribution in [0.1, 0.15) is 17.7 Å². The van der Waals surface area contributed by atoms with Crippen molar-refractivity contribution in [2.75, 3.05) is 13.6 Å². The van der Waals surface area contributed by atoms with E-state index in [4.69, 9.17) is 16.1 Å². The summed E-state index contributed by atoms with van der Waals surface area (Å²) in [6.45, 7) is 4.73. The maximum atomic E-state index is 6.45. The molecule has 0 spiro atoms. The average molecular weight is 267 g/mol. The summed E-state index contributed by atoms with van der Waals surface area (Å²) in [6, 6.07) is 0. The fourth-order valence-electron chi connectivity index (χ4n) is 2.30. The summed E-state index contributed by atoms with van der Waals surface area (Å²) in [5.41, 5.74) is 3.49. The Morgan fingerprint density at radius 2 is 2.17 bits per heavy atom. The maximum Gasteiger partial charge on any atom is 0.138 e. The van der Waals surface area contributed by atoms with Crippen LogP contribution in [0.5, 0.6) is 0 Å². The third kappa shape index (κ3) is 1.83. The molecule has 2 aromatic rings. The lowest BCUT2D eigenvalue weighted by molar-refractivity contribution is 0.332. The van der Waals surface area contributed by atoms with Crippen molar-refractivity contribution < 1.29 is 4.52 Å². The summed E-state index contributed by atoms with van der Waals surface area (Å²) in [4.78, 5) is 2.26. The van der Waals surface area contributed by atoms with Crippen LogP contribution in [-0.4, -0.2) is 33.4 Å². The van der Waals surface area contributed by atoms with E-state index in [9.17, 15) is 0 Å². The van der Waals surface area contributed by atoms with Crippen LogP contribution in [0.3, 0.4) is 0 Å². The Morgan fingerprint density at radius 3 is 2.89 bits per heavy atom. The fourth-order valence-corrected chi connectivity index (χ4v) is 2.59. The first-order valence-corrected chi connectivity index (χ1v) is 6.39. The monoisotopic (exact) mass is 266 g/mol. The number of aryl methyl sites for hydroxylation is 2. The highest BCUT2D eigenvalue weighted by atomic mass is 35.5. The highest BCUT2D eigenvalue weighted by Crippen LogP contribution is 2.32. The van der Waals surface area contributed by atoms with Crippen LogP contribution in [0, 0.1) is 6.92 Å². The van der Waals surface area contributed by atoms with Crippen molar-refractivity contribution in [3.63, 3.8) is 0 Å². The van der Waals surface area contributed by atoms with E-state index in [0.29, 0.717) is 5.02 Å². The lowest BCUT2D eigenvalue weighted by Gasteiger charge is -2.11. The van der Waals surface area contributed by atoms with Crippen LogP contribution < -0.4 is 0 Å². The minimum atomic E-state index is 0.695. The van der Waals surface area contributed by atoms with Crippen LogP contribution >= 0.6 is 11.6 Å². The molecule has 0 radical (unpaired) electrons. The van der Waals surface area contributed by atoms with Gasteiger partial charge in [0.2, 0.25) is 0 Å². The molecule has 0 aromatic carbocycles. The molecule has 0 fully saturated rings. The third-order valence-electron chi connectivity index (χ3n) is 3.29. The molecule has 18 heavy (non-hydrogen) atoms. The van der Waals surface area contributed by atoms with E-state index >= 15 is 0 Å². The first-order valence-electron chi connectivity index (χ1n) is 6.02. The predicted molar refractivity (Wildman–Crippen MR) is 68.4 cm³/mol. The molecule has 0 bridgehead atoms. The standard InChI is InChI=1S/C12H15ClN4O/c1-8-7-18-15-11(8)12-10(13)9-6-16(2)4-3-5-17(9)14-12/h7H,3-6H2,1-2H3. The largest absolute Gasteiger partial charge is 0.364 e. The predicted octanol–water partition coefficient (Wildman–Crippen LogP) is 2.34. The molecule has 0 atom stereocenters. The van der Waals surface area contributed by atoms with Crippen molar-refractivity contribution in [2.24, 2.45) is 0 Å². The van der Waals surface area contributed by atoms with Gasteiger partial charge in [-0.15, -0.1) is 0 Å². The molecule has 0 amide bonds. The van der Waals surface area contributed by atoms with E-state index < -0.39 is 0 Å². The SMILES string of the molecule is Cc1conc1-c1nn2c(c1Cl)CN(C)CCC2. The molecule has 0 unspecified atom stereocenters. The topological polar surface area (TPSA) is 47.1 Å². The van der Waals surface area contributed by atoms with Crippen molar-refractivity contribution in [3.8, 4) is 11.4 Å². The molecule has 1 aliphatic heterocycles. The Labute approximate surface area is 110 Å². The van der Waals surface area contributed by atoms with Gasteiger partial charge in [0.1, 0.15) is 17.7 Å². The zero-order valence-electron chi connectivity index (χ0n) is 10.5. The second-order valence-corrected chi connectivity index (χ2v) is 5.15. The summed E-state index contributed by atoms with van der Waals surface area (Å²) in [5.74, 6) is 0. The number of hydrogen-bond acceptors (Lipinski definition) is 4. The van der Waals surface area contributed by atoms with Gasteiger partial charge in [-0.2, -0.15) is 5.10 Å². The van der Waals surface area contributed by atoms with Crippen LogP contribution in [0.15, 0.2) is 10.8 Å². The van der Waals surface area contributed by atoms with Gasteiger partial charge in [0.25, 0.3) is 0 Å². The Morgan fingerprint density at radius 1 is 1.33 bits per heavy atom. The number of nitrogens with zero attached hydrogens (tertiary/aromatic N) is 4. The Balaban J connectivity index is 2.09. The molecule has 0 N–H and O–H groups in total. The number of rotatable bonds is 1. The van der Waals surface area contributed by atoms with E-state index in [2.05, 4.69) is 22.2 Å². The summed E-state index contributed by atoms with van der Waals surface area (Å²) < 4.78 is 6.96. The van der Waals surface area contributed by atoms with Gasteiger partial charge in [0.05, 0.1) is 10.7 Å². The molecule has 0 aliphatic carbocycles. The first-order chi connectivity index (χ1) is 8.66. The zero-order valence-corrected chi connectivity index (χ0v) is 11.2. The smallest absolute Gasteiger partial charge is 0.138 e. The molecule has 6 heteroatoms. The molecule has 0 saturated carbocycles. The fraction of sp³-hybridized carbons (Fsp3) is 0.500. The van der Waals surface area contributed by atoms with Gasteiger partial charge in [-0.25, -0.2) is 0 Å². The molecular weight excluding hydrogens is 252 g/mol. The molecule has 5 nitrogen and oxygen atoms in total. The highest BCUT2D eigenvalue weighted by molar-refractivity contribution is 6.33. The van der Waals surface area contributed by atoms with Crippen LogP contribution in [-0.2, 0) is 13.1 Å².